The van der Waals surface area contributed by atoms with E-state index in [0.29, 0.717) is 0 Å². The number of hydrogen-bond donors (Lipinski definition) is 1. The summed E-state index contributed by atoms with van der Waals surface area (Å²) in [6.07, 6.45) is 0.960. The molecule has 1 N–H and O–H groups in total. The number of anilines is 1. The third-order valence-electron chi connectivity index (χ3n) is 2.50. The van der Waals surface area contributed by atoms with Gasteiger partial charge in [-0.15, -0.1) is 0 Å². The van der Waals surface area contributed by atoms with Gasteiger partial charge in [-0.2, -0.15) is 4.39 Å². The molecule has 0 saturated heterocycles. The number of rotatable bonds is 3. The number of halogens is 3. The molecule has 0 radical (unpaired) electrons. The second kappa shape index (κ2) is 5.60. The zero-order chi connectivity index (χ0) is 14.7. The number of benzene rings is 1. The average Bonchev–Trinajstić information content (AvgIpc) is 2.42. The molecule has 0 aliphatic carbocycles. The van der Waals surface area contributed by atoms with Crippen molar-refractivity contribution in [3.63, 3.8) is 0 Å². The number of carbonyl (C=O) groups excluding carboxylic acids is 1. The fourth-order valence-electron chi connectivity index (χ4n) is 1.54. The SMILES string of the molecule is COc1ccc(NC(=O)c2ccnc(F)c2F)cc1F. The predicted octanol–water partition coefficient (Wildman–Crippen LogP) is 2.76. The van der Waals surface area contributed by atoms with Crippen LogP contribution in [-0.4, -0.2) is 18.0 Å². The van der Waals surface area contributed by atoms with Crippen molar-refractivity contribution in [2.75, 3.05) is 12.4 Å². The molecular weight excluding hydrogens is 273 g/mol. The van der Waals surface area contributed by atoms with Crippen LogP contribution in [0, 0.1) is 17.6 Å². The first-order valence-electron chi connectivity index (χ1n) is 5.48. The van der Waals surface area contributed by atoms with Crippen molar-refractivity contribution in [2.45, 2.75) is 0 Å². The van der Waals surface area contributed by atoms with Crippen LogP contribution in [0.1, 0.15) is 10.4 Å². The lowest BCUT2D eigenvalue weighted by Crippen LogP contribution is -2.15. The lowest BCUT2D eigenvalue weighted by atomic mass is 10.2. The Labute approximate surface area is 112 Å². The summed E-state index contributed by atoms with van der Waals surface area (Å²) in [5.74, 6) is -4.33. The first-order valence-corrected chi connectivity index (χ1v) is 5.48. The maximum Gasteiger partial charge on any atom is 0.258 e. The molecule has 0 aliphatic rings. The Kier molecular flexibility index (Phi) is 3.88. The average molecular weight is 282 g/mol. The molecule has 104 valence electrons. The molecule has 4 nitrogen and oxygen atoms in total. The number of nitrogens with zero attached hydrogens (tertiary/aromatic N) is 1. The zero-order valence-corrected chi connectivity index (χ0v) is 10.3. The van der Waals surface area contributed by atoms with Gasteiger partial charge in [0.1, 0.15) is 0 Å². The molecule has 2 aromatic rings. The number of carbonyl (C=O) groups is 1. The highest BCUT2D eigenvalue weighted by Crippen LogP contribution is 2.21. The second-order valence-electron chi connectivity index (χ2n) is 3.77. The number of nitrogens with one attached hydrogen (secondary N) is 1. The van der Waals surface area contributed by atoms with Gasteiger partial charge in [0, 0.05) is 18.0 Å². The van der Waals surface area contributed by atoms with E-state index in [0.717, 1.165) is 18.3 Å². The van der Waals surface area contributed by atoms with E-state index in [1.54, 1.807) is 0 Å². The van der Waals surface area contributed by atoms with Crippen LogP contribution in [-0.2, 0) is 0 Å². The number of aromatic nitrogens is 1. The molecule has 1 aromatic carbocycles. The highest BCUT2D eigenvalue weighted by atomic mass is 19.2. The molecule has 0 aliphatic heterocycles. The summed E-state index contributed by atoms with van der Waals surface area (Å²) in [6, 6.07) is 4.70. The largest absolute Gasteiger partial charge is 0.494 e. The van der Waals surface area contributed by atoms with Gasteiger partial charge in [0.05, 0.1) is 12.7 Å². The van der Waals surface area contributed by atoms with E-state index >= 15 is 0 Å². The van der Waals surface area contributed by atoms with Gasteiger partial charge in [0.2, 0.25) is 5.95 Å². The van der Waals surface area contributed by atoms with E-state index < -0.39 is 29.1 Å². The summed E-state index contributed by atoms with van der Waals surface area (Å²) in [5.41, 5.74) is -0.432. The minimum atomic E-state index is -1.38. The Morgan fingerprint density at radius 2 is 2.00 bits per heavy atom. The maximum absolute atomic E-state index is 13.4. The number of ether oxygens (including phenoxy) is 1. The lowest BCUT2D eigenvalue weighted by molar-refractivity contribution is 0.102. The molecule has 1 aromatic heterocycles. The smallest absolute Gasteiger partial charge is 0.258 e. The minimum Gasteiger partial charge on any atom is -0.494 e. The van der Waals surface area contributed by atoms with E-state index in [9.17, 15) is 18.0 Å². The van der Waals surface area contributed by atoms with Gasteiger partial charge in [0.25, 0.3) is 5.91 Å². The van der Waals surface area contributed by atoms with Crippen molar-refractivity contribution in [3.05, 3.63) is 53.6 Å². The molecule has 0 bridgehead atoms. The number of methoxy groups -OCH3 is 1. The van der Waals surface area contributed by atoms with Crippen LogP contribution in [0.3, 0.4) is 0 Å². The van der Waals surface area contributed by atoms with E-state index in [1.165, 1.54) is 19.2 Å². The van der Waals surface area contributed by atoms with E-state index in [-0.39, 0.29) is 11.4 Å². The summed E-state index contributed by atoms with van der Waals surface area (Å²) in [5, 5.41) is 2.25. The normalized spacial score (nSPS) is 10.2. The van der Waals surface area contributed by atoms with Crippen LogP contribution >= 0.6 is 0 Å². The van der Waals surface area contributed by atoms with Crippen LogP contribution in [0.15, 0.2) is 30.5 Å². The first-order chi connectivity index (χ1) is 9.52. The molecule has 1 amide bonds. The Morgan fingerprint density at radius 1 is 1.25 bits per heavy atom. The Morgan fingerprint density at radius 3 is 2.65 bits per heavy atom. The highest BCUT2D eigenvalue weighted by Gasteiger charge is 2.16. The van der Waals surface area contributed by atoms with Crippen molar-refractivity contribution in [1.82, 2.24) is 4.98 Å². The molecule has 0 atom stereocenters. The maximum atomic E-state index is 13.4. The van der Waals surface area contributed by atoms with E-state index in [4.69, 9.17) is 4.74 Å². The van der Waals surface area contributed by atoms with Crippen LogP contribution in [0.25, 0.3) is 0 Å². The molecular formula is C13H9F3N2O2. The number of hydrogen-bond acceptors (Lipinski definition) is 3. The third-order valence-corrected chi connectivity index (χ3v) is 2.50. The summed E-state index contributed by atoms with van der Waals surface area (Å²) < 4.78 is 44.4. The fraction of sp³-hybridized carbons (Fsp3) is 0.0769. The molecule has 0 unspecified atom stereocenters. The van der Waals surface area contributed by atoms with Crippen molar-refractivity contribution < 1.29 is 22.7 Å². The molecule has 1 heterocycles. The van der Waals surface area contributed by atoms with E-state index in [1.807, 2.05) is 0 Å². The molecule has 0 fully saturated rings. The second-order valence-corrected chi connectivity index (χ2v) is 3.77. The molecule has 2 rings (SSSR count). The lowest BCUT2D eigenvalue weighted by Gasteiger charge is -2.08. The van der Waals surface area contributed by atoms with Gasteiger partial charge >= 0.3 is 0 Å². The number of pyridine rings is 1. The third kappa shape index (κ3) is 2.71. The molecule has 20 heavy (non-hydrogen) atoms. The van der Waals surface area contributed by atoms with Crippen LogP contribution < -0.4 is 10.1 Å². The van der Waals surface area contributed by atoms with Gasteiger partial charge in [-0.05, 0) is 18.2 Å². The van der Waals surface area contributed by atoms with Gasteiger partial charge < -0.3 is 10.1 Å². The molecule has 7 heteroatoms. The topological polar surface area (TPSA) is 51.2 Å². The van der Waals surface area contributed by atoms with Crippen molar-refractivity contribution in [3.8, 4) is 5.75 Å². The Hall–Kier alpha value is -2.57. The summed E-state index contributed by atoms with van der Waals surface area (Å²) in [6.45, 7) is 0. The number of amides is 1. The summed E-state index contributed by atoms with van der Waals surface area (Å²) in [4.78, 5) is 14.8. The predicted molar refractivity (Wildman–Crippen MR) is 65.1 cm³/mol. The summed E-state index contributed by atoms with van der Waals surface area (Å²) >= 11 is 0. The van der Waals surface area contributed by atoms with Gasteiger partial charge in [-0.3, -0.25) is 4.79 Å². The van der Waals surface area contributed by atoms with Crippen LogP contribution in [0.4, 0.5) is 18.9 Å². The zero-order valence-electron chi connectivity index (χ0n) is 10.3. The van der Waals surface area contributed by atoms with Crippen LogP contribution in [0.2, 0.25) is 0 Å². The van der Waals surface area contributed by atoms with E-state index in [2.05, 4.69) is 10.3 Å². The first kappa shape index (κ1) is 13.9. The quantitative estimate of drug-likeness (QED) is 0.881. The van der Waals surface area contributed by atoms with Gasteiger partial charge in [0.15, 0.2) is 17.4 Å². The minimum absolute atomic E-state index is 0.00383. The standard InChI is InChI=1S/C13H9F3N2O2/c1-20-10-3-2-7(6-9(10)14)18-13(19)8-4-5-17-12(16)11(8)15/h2-6H,1H3,(H,18,19). The van der Waals surface area contributed by atoms with Crippen molar-refractivity contribution >= 4 is 11.6 Å². The Bertz CT molecular complexity index is 662. The van der Waals surface area contributed by atoms with Crippen LogP contribution in [0.5, 0.6) is 5.75 Å². The van der Waals surface area contributed by atoms with Crippen molar-refractivity contribution in [1.29, 1.82) is 0 Å². The van der Waals surface area contributed by atoms with Crippen molar-refractivity contribution in [2.24, 2.45) is 0 Å². The Balaban J connectivity index is 2.24. The fourth-order valence-corrected chi connectivity index (χ4v) is 1.54. The molecule has 0 saturated carbocycles. The summed E-state index contributed by atoms with van der Waals surface area (Å²) in [7, 11) is 1.30. The highest BCUT2D eigenvalue weighted by molar-refractivity contribution is 6.04. The monoisotopic (exact) mass is 282 g/mol. The van der Waals surface area contributed by atoms with Gasteiger partial charge in [-0.25, -0.2) is 13.8 Å². The van der Waals surface area contributed by atoms with Gasteiger partial charge in [-0.1, -0.05) is 0 Å². The molecule has 0 spiro atoms.